The average Bonchev–Trinajstić information content (AvgIpc) is 2.95. The molecule has 4 aromatic carbocycles. The number of carbonyl (C=O) groups is 2. The van der Waals surface area contributed by atoms with Crippen LogP contribution in [0.4, 0.5) is 4.39 Å². The predicted octanol–water partition coefficient (Wildman–Crippen LogP) is 5.81. The molecule has 0 radical (unpaired) electrons. The molecule has 2 amide bonds. The normalized spacial score (nSPS) is 11.4. The number of amides is 2. The first kappa shape index (κ1) is 26.9. The van der Waals surface area contributed by atoms with Crippen molar-refractivity contribution >= 4 is 23.4 Å². The fourth-order valence-electron chi connectivity index (χ4n) is 3.99. The molecule has 0 aliphatic carbocycles. The van der Waals surface area contributed by atoms with Crippen molar-refractivity contribution in [2.45, 2.75) is 25.6 Å². The van der Waals surface area contributed by atoms with Crippen LogP contribution in [0.5, 0.6) is 5.75 Å². The highest BCUT2D eigenvalue weighted by Crippen LogP contribution is 2.17. The van der Waals surface area contributed by atoms with E-state index in [0.29, 0.717) is 22.8 Å². The van der Waals surface area contributed by atoms with Gasteiger partial charge in [0.1, 0.15) is 17.6 Å². The van der Waals surface area contributed by atoms with Gasteiger partial charge in [-0.1, -0.05) is 84.4 Å². The van der Waals surface area contributed by atoms with Crippen molar-refractivity contribution < 1.29 is 18.7 Å². The van der Waals surface area contributed by atoms with Crippen LogP contribution in [0.2, 0.25) is 5.02 Å². The standard InChI is InChI=1S/C31H28ClFN2O3/c32-26-15-11-24(12-16-26)20-34-31(37)29(19-23-7-3-1-4-8-23)35(21-25-13-17-27(33)18-14-25)30(36)22-38-28-9-5-2-6-10-28/h1-18,29H,19-22H2,(H,34,37)/t29-/m1/s1. The van der Waals surface area contributed by atoms with Crippen molar-refractivity contribution in [3.63, 3.8) is 0 Å². The molecule has 0 saturated heterocycles. The van der Waals surface area contributed by atoms with Gasteiger partial charge in [-0.15, -0.1) is 0 Å². The maximum atomic E-state index is 13.6. The summed E-state index contributed by atoms with van der Waals surface area (Å²) in [6, 6.07) is 30.8. The average molecular weight is 531 g/mol. The van der Waals surface area contributed by atoms with Crippen LogP contribution < -0.4 is 10.1 Å². The van der Waals surface area contributed by atoms with E-state index in [4.69, 9.17) is 16.3 Å². The summed E-state index contributed by atoms with van der Waals surface area (Å²) in [5.74, 6) is -0.491. The highest BCUT2D eigenvalue weighted by atomic mass is 35.5. The third-order valence-corrected chi connectivity index (χ3v) is 6.27. The Bertz CT molecular complexity index is 1320. The van der Waals surface area contributed by atoms with Crippen LogP contribution in [0, 0.1) is 5.82 Å². The summed E-state index contributed by atoms with van der Waals surface area (Å²) in [6.45, 7) is 0.143. The molecular weight excluding hydrogens is 503 g/mol. The molecule has 0 unspecified atom stereocenters. The molecular formula is C31H28ClFN2O3. The van der Waals surface area contributed by atoms with Crippen molar-refractivity contribution in [3.05, 3.63) is 137 Å². The summed E-state index contributed by atoms with van der Waals surface area (Å²) < 4.78 is 19.3. The molecule has 1 N–H and O–H groups in total. The lowest BCUT2D eigenvalue weighted by molar-refractivity contribution is -0.142. The van der Waals surface area contributed by atoms with Gasteiger partial charge in [-0.25, -0.2) is 4.39 Å². The van der Waals surface area contributed by atoms with Crippen molar-refractivity contribution in [1.29, 1.82) is 0 Å². The molecule has 0 aromatic heterocycles. The number of benzene rings is 4. The minimum absolute atomic E-state index is 0.114. The Balaban J connectivity index is 1.60. The van der Waals surface area contributed by atoms with E-state index in [1.54, 1.807) is 36.4 Å². The maximum Gasteiger partial charge on any atom is 0.261 e. The van der Waals surface area contributed by atoms with Gasteiger partial charge in [0, 0.05) is 24.5 Å². The smallest absolute Gasteiger partial charge is 0.261 e. The van der Waals surface area contributed by atoms with E-state index >= 15 is 0 Å². The number of ether oxygens (including phenoxy) is 1. The molecule has 194 valence electrons. The molecule has 4 aromatic rings. The van der Waals surface area contributed by atoms with Gasteiger partial charge in [0.05, 0.1) is 0 Å². The van der Waals surface area contributed by atoms with Gasteiger partial charge in [0.25, 0.3) is 5.91 Å². The molecule has 4 rings (SSSR count). The SMILES string of the molecule is O=C(NCc1ccc(Cl)cc1)[C@@H](Cc1ccccc1)N(Cc1ccc(F)cc1)C(=O)COc1ccccc1. The zero-order valence-electron chi connectivity index (χ0n) is 20.7. The minimum atomic E-state index is -0.832. The fourth-order valence-corrected chi connectivity index (χ4v) is 4.12. The Kier molecular flexibility index (Phi) is 9.48. The Morgan fingerprint density at radius 1 is 0.789 bits per heavy atom. The van der Waals surface area contributed by atoms with Gasteiger partial charge in [-0.05, 0) is 53.1 Å². The van der Waals surface area contributed by atoms with Crippen LogP contribution in [0.15, 0.2) is 109 Å². The summed E-state index contributed by atoms with van der Waals surface area (Å²) in [5.41, 5.74) is 2.48. The van der Waals surface area contributed by atoms with Crippen LogP contribution in [-0.2, 0) is 29.1 Å². The molecule has 0 heterocycles. The van der Waals surface area contributed by atoms with Gasteiger partial charge in [0.2, 0.25) is 5.91 Å². The van der Waals surface area contributed by atoms with Gasteiger partial charge in [-0.3, -0.25) is 9.59 Å². The van der Waals surface area contributed by atoms with Crippen LogP contribution in [0.1, 0.15) is 16.7 Å². The van der Waals surface area contributed by atoms with E-state index in [2.05, 4.69) is 5.32 Å². The Morgan fingerprint density at radius 3 is 2.05 bits per heavy atom. The Morgan fingerprint density at radius 2 is 1.39 bits per heavy atom. The lowest BCUT2D eigenvalue weighted by Gasteiger charge is -2.31. The first-order chi connectivity index (χ1) is 18.5. The second-order valence-electron chi connectivity index (χ2n) is 8.80. The van der Waals surface area contributed by atoms with Crippen LogP contribution in [-0.4, -0.2) is 29.4 Å². The number of hydrogen-bond acceptors (Lipinski definition) is 3. The van der Waals surface area contributed by atoms with E-state index in [0.717, 1.165) is 11.1 Å². The number of nitrogens with zero attached hydrogens (tertiary/aromatic N) is 1. The van der Waals surface area contributed by atoms with Crippen molar-refractivity contribution in [3.8, 4) is 5.75 Å². The number of hydrogen-bond donors (Lipinski definition) is 1. The van der Waals surface area contributed by atoms with Gasteiger partial charge in [0.15, 0.2) is 6.61 Å². The number of rotatable bonds is 11. The number of halogens is 2. The summed E-state index contributed by atoms with van der Waals surface area (Å²) in [6.07, 6.45) is 0.297. The molecule has 0 aliphatic rings. The second-order valence-corrected chi connectivity index (χ2v) is 9.24. The Hall–Kier alpha value is -4.16. The van der Waals surface area contributed by atoms with E-state index < -0.39 is 6.04 Å². The van der Waals surface area contributed by atoms with Gasteiger partial charge >= 0.3 is 0 Å². The highest BCUT2D eigenvalue weighted by molar-refractivity contribution is 6.30. The molecule has 0 saturated carbocycles. The van der Waals surface area contributed by atoms with Crippen LogP contribution in [0.3, 0.4) is 0 Å². The van der Waals surface area contributed by atoms with Gasteiger partial charge < -0.3 is 15.0 Å². The summed E-state index contributed by atoms with van der Waals surface area (Å²) >= 11 is 5.99. The number of para-hydroxylation sites is 1. The molecule has 0 fully saturated rings. The lowest BCUT2D eigenvalue weighted by Crippen LogP contribution is -2.51. The minimum Gasteiger partial charge on any atom is -0.484 e. The van der Waals surface area contributed by atoms with E-state index in [1.807, 2.05) is 60.7 Å². The highest BCUT2D eigenvalue weighted by Gasteiger charge is 2.30. The lowest BCUT2D eigenvalue weighted by atomic mass is 10.0. The zero-order valence-corrected chi connectivity index (χ0v) is 21.5. The zero-order chi connectivity index (χ0) is 26.7. The monoisotopic (exact) mass is 530 g/mol. The summed E-state index contributed by atoms with van der Waals surface area (Å²) in [5, 5.41) is 3.57. The molecule has 5 nitrogen and oxygen atoms in total. The predicted molar refractivity (Wildman–Crippen MR) is 146 cm³/mol. The molecule has 1 atom stereocenters. The largest absolute Gasteiger partial charge is 0.484 e. The molecule has 0 bridgehead atoms. The first-order valence-corrected chi connectivity index (χ1v) is 12.6. The summed E-state index contributed by atoms with van der Waals surface area (Å²) in [4.78, 5) is 28.7. The molecule has 0 aliphatic heterocycles. The summed E-state index contributed by atoms with van der Waals surface area (Å²) in [7, 11) is 0. The molecule has 0 spiro atoms. The van der Waals surface area contributed by atoms with Crippen LogP contribution in [0.25, 0.3) is 0 Å². The number of carbonyl (C=O) groups excluding carboxylic acids is 2. The second kappa shape index (κ2) is 13.4. The van der Waals surface area contributed by atoms with E-state index in [-0.39, 0.29) is 37.3 Å². The van der Waals surface area contributed by atoms with E-state index in [9.17, 15) is 14.0 Å². The molecule has 7 heteroatoms. The van der Waals surface area contributed by atoms with Crippen molar-refractivity contribution in [2.24, 2.45) is 0 Å². The fraction of sp³-hybridized carbons (Fsp3) is 0.161. The number of nitrogens with one attached hydrogen (secondary N) is 1. The molecule has 38 heavy (non-hydrogen) atoms. The third-order valence-electron chi connectivity index (χ3n) is 6.02. The third kappa shape index (κ3) is 7.92. The quantitative estimate of drug-likeness (QED) is 0.266. The van der Waals surface area contributed by atoms with Crippen LogP contribution >= 0.6 is 11.6 Å². The Labute approximate surface area is 226 Å². The first-order valence-electron chi connectivity index (χ1n) is 12.3. The van der Waals surface area contributed by atoms with Crippen molar-refractivity contribution in [2.75, 3.05) is 6.61 Å². The topological polar surface area (TPSA) is 58.6 Å². The van der Waals surface area contributed by atoms with Crippen molar-refractivity contribution in [1.82, 2.24) is 10.2 Å². The van der Waals surface area contributed by atoms with E-state index in [1.165, 1.54) is 17.0 Å². The maximum absolute atomic E-state index is 13.6. The van der Waals surface area contributed by atoms with Gasteiger partial charge in [-0.2, -0.15) is 0 Å².